The summed E-state index contributed by atoms with van der Waals surface area (Å²) in [7, 11) is 0. The molecule has 21 heavy (non-hydrogen) atoms. The van der Waals surface area contributed by atoms with Gasteiger partial charge in [0, 0.05) is 25.0 Å². The molecule has 0 bridgehead atoms. The van der Waals surface area contributed by atoms with Gasteiger partial charge in [-0.25, -0.2) is 4.79 Å². The first-order valence-electron chi connectivity index (χ1n) is 7.20. The van der Waals surface area contributed by atoms with Crippen LogP contribution in [0.1, 0.15) is 39.2 Å². The number of carboxylic acid groups (broad SMARTS) is 1. The van der Waals surface area contributed by atoms with E-state index in [0.29, 0.717) is 13.0 Å². The van der Waals surface area contributed by atoms with Crippen molar-refractivity contribution in [2.24, 2.45) is 0 Å². The fraction of sp³-hybridized carbons (Fsp3) is 0.600. The van der Waals surface area contributed by atoms with E-state index >= 15 is 0 Å². The summed E-state index contributed by atoms with van der Waals surface area (Å²) < 4.78 is 0. The molecule has 2 amide bonds. The molecule has 0 saturated carbocycles. The number of nitrogens with zero attached hydrogens (tertiary/aromatic N) is 1. The van der Waals surface area contributed by atoms with Crippen LogP contribution in [0.15, 0.2) is 16.8 Å². The summed E-state index contributed by atoms with van der Waals surface area (Å²) in [5, 5.41) is 15.8. The van der Waals surface area contributed by atoms with Gasteiger partial charge in [0.05, 0.1) is 0 Å². The van der Waals surface area contributed by atoms with Gasteiger partial charge in [0.1, 0.15) is 0 Å². The topological polar surface area (TPSA) is 69.6 Å². The highest BCUT2D eigenvalue weighted by atomic mass is 32.1. The molecule has 0 aromatic carbocycles. The lowest BCUT2D eigenvalue weighted by Crippen LogP contribution is -2.47. The van der Waals surface area contributed by atoms with Crippen LogP contribution < -0.4 is 5.32 Å². The molecule has 0 spiro atoms. The smallest absolute Gasteiger partial charge is 0.317 e. The molecule has 0 saturated heterocycles. The highest BCUT2D eigenvalue weighted by molar-refractivity contribution is 7.07. The molecule has 1 heterocycles. The Bertz CT molecular complexity index is 446. The minimum atomic E-state index is -0.829. The van der Waals surface area contributed by atoms with Crippen molar-refractivity contribution < 1.29 is 14.7 Å². The minimum Gasteiger partial charge on any atom is -0.481 e. The Morgan fingerprint density at radius 2 is 2.10 bits per heavy atom. The fourth-order valence-electron chi connectivity index (χ4n) is 2.10. The first-order chi connectivity index (χ1) is 9.90. The van der Waals surface area contributed by atoms with Crippen LogP contribution in [0.25, 0.3) is 0 Å². The molecule has 5 nitrogen and oxygen atoms in total. The average Bonchev–Trinajstić information content (AvgIpc) is 2.86. The van der Waals surface area contributed by atoms with Gasteiger partial charge in [-0.1, -0.05) is 0 Å². The van der Waals surface area contributed by atoms with Gasteiger partial charge in [-0.2, -0.15) is 11.3 Å². The van der Waals surface area contributed by atoms with Crippen LogP contribution in [0.4, 0.5) is 4.79 Å². The van der Waals surface area contributed by atoms with Crippen LogP contribution in [-0.2, 0) is 11.2 Å². The Labute approximate surface area is 130 Å². The number of amides is 2. The number of hydrogen-bond acceptors (Lipinski definition) is 3. The van der Waals surface area contributed by atoms with Gasteiger partial charge in [-0.15, -0.1) is 0 Å². The summed E-state index contributed by atoms with van der Waals surface area (Å²) >= 11 is 1.65. The summed E-state index contributed by atoms with van der Waals surface area (Å²) in [6.45, 7) is 6.31. The second-order valence-corrected chi connectivity index (χ2v) is 6.25. The lowest BCUT2D eigenvalue weighted by atomic mass is 10.1. The lowest BCUT2D eigenvalue weighted by molar-refractivity contribution is -0.137. The summed E-state index contributed by atoms with van der Waals surface area (Å²) in [5.41, 5.74) is 1.22. The van der Waals surface area contributed by atoms with E-state index in [1.807, 2.05) is 26.2 Å². The second kappa shape index (κ2) is 8.67. The van der Waals surface area contributed by atoms with Crippen LogP contribution in [0.3, 0.4) is 0 Å². The van der Waals surface area contributed by atoms with Crippen molar-refractivity contribution in [1.82, 2.24) is 10.2 Å². The molecule has 0 aliphatic rings. The van der Waals surface area contributed by atoms with Gasteiger partial charge < -0.3 is 15.3 Å². The van der Waals surface area contributed by atoms with Gasteiger partial charge in [-0.3, -0.25) is 4.79 Å². The highest BCUT2D eigenvalue weighted by Crippen LogP contribution is 2.09. The van der Waals surface area contributed by atoms with Crippen LogP contribution >= 0.6 is 11.3 Å². The van der Waals surface area contributed by atoms with E-state index < -0.39 is 5.97 Å². The molecule has 118 valence electrons. The van der Waals surface area contributed by atoms with Crippen LogP contribution in [0, 0.1) is 0 Å². The number of thiophene rings is 1. The molecule has 1 rings (SSSR count). The maximum Gasteiger partial charge on any atom is 0.317 e. The largest absolute Gasteiger partial charge is 0.481 e. The summed E-state index contributed by atoms with van der Waals surface area (Å²) in [4.78, 5) is 24.5. The number of rotatable bonds is 8. The maximum absolute atomic E-state index is 12.3. The molecule has 0 fully saturated rings. The number of carbonyl (C=O) groups excluding carboxylic acids is 1. The van der Waals surface area contributed by atoms with Gasteiger partial charge in [-0.05, 0) is 56.0 Å². The van der Waals surface area contributed by atoms with E-state index in [4.69, 9.17) is 5.11 Å². The number of nitrogens with one attached hydrogen (secondary N) is 1. The Morgan fingerprint density at radius 1 is 1.38 bits per heavy atom. The van der Waals surface area contributed by atoms with E-state index in [0.717, 1.165) is 6.42 Å². The van der Waals surface area contributed by atoms with E-state index in [1.54, 1.807) is 16.2 Å². The van der Waals surface area contributed by atoms with Crippen molar-refractivity contribution in [3.8, 4) is 0 Å². The monoisotopic (exact) mass is 312 g/mol. The van der Waals surface area contributed by atoms with E-state index in [-0.39, 0.29) is 24.5 Å². The van der Waals surface area contributed by atoms with Crippen molar-refractivity contribution in [1.29, 1.82) is 0 Å². The lowest BCUT2D eigenvalue weighted by Gasteiger charge is -2.28. The Kier molecular flexibility index (Phi) is 7.22. The number of aliphatic carboxylic acids is 1. The predicted molar refractivity (Wildman–Crippen MR) is 84.7 cm³/mol. The van der Waals surface area contributed by atoms with Crippen LogP contribution in [0.2, 0.25) is 0 Å². The van der Waals surface area contributed by atoms with Crippen LogP contribution in [-0.4, -0.2) is 40.6 Å². The first-order valence-corrected chi connectivity index (χ1v) is 8.14. The fourth-order valence-corrected chi connectivity index (χ4v) is 2.78. The molecule has 2 N–H and O–H groups in total. The Balaban J connectivity index is 2.46. The number of hydrogen-bond donors (Lipinski definition) is 2. The maximum atomic E-state index is 12.3. The average molecular weight is 312 g/mol. The zero-order valence-corrected chi connectivity index (χ0v) is 13.7. The van der Waals surface area contributed by atoms with Crippen molar-refractivity contribution in [2.45, 2.75) is 52.1 Å². The predicted octanol–water partition coefficient (Wildman–Crippen LogP) is 2.96. The van der Waals surface area contributed by atoms with Crippen LogP contribution in [0.5, 0.6) is 0 Å². The quantitative estimate of drug-likeness (QED) is 0.775. The van der Waals surface area contributed by atoms with Crippen molar-refractivity contribution in [3.63, 3.8) is 0 Å². The third-order valence-electron chi connectivity index (χ3n) is 3.17. The molecule has 1 atom stereocenters. The Morgan fingerprint density at radius 3 is 2.62 bits per heavy atom. The normalized spacial score (nSPS) is 12.2. The number of carbonyl (C=O) groups is 2. The third kappa shape index (κ3) is 6.62. The van der Waals surface area contributed by atoms with E-state index in [9.17, 15) is 9.59 Å². The van der Waals surface area contributed by atoms with E-state index in [2.05, 4.69) is 16.8 Å². The molecule has 1 unspecified atom stereocenters. The third-order valence-corrected chi connectivity index (χ3v) is 3.90. The van der Waals surface area contributed by atoms with Gasteiger partial charge in [0.2, 0.25) is 0 Å². The molecule has 1 aromatic rings. The molecule has 0 aliphatic carbocycles. The second-order valence-electron chi connectivity index (χ2n) is 5.47. The van der Waals surface area contributed by atoms with Crippen molar-refractivity contribution in [3.05, 3.63) is 22.4 Å². The van der Waals surface area contributed by atoms with Gasteiger partial charge >= 0.3 is 12.0 Å². The standard InChI is InChI=1S/C15H24N2O3S/c1-11(2)17(7-4-5-14(18)19)15(20)16-12(3)9-13-6-8-21-10-13/h6,8,10-12H,4-5,7,9H2,1-3H3,(H,16,20)(H,18,19). The summed E-state index contributed by atoms with van der Waals surface area (Å²) in [6.07, 6.45) is 1.36. The zero-order chi connectivity index (χ0) is 15.8. The molecule has 6 heteroatoms. The summed E-state index contributed by atoms with van der Waals surface area (Å²) in [5.74, 6) is -0.829. The molecular formula is C15H24N2O3S. The number of urea groups is 1. The van der Waals surface area contributed by atoms with Crippen molar-refractivity contribution in [2.75, 3.05) is 6.54 Å². The SMILES string of the molecule is CC(Cc1ccsc1)NC(=O)N(CCCC(=O)O)C(C)C. The van der Waals surface area contributed by atoms with E-state index in [1.165, 1.54) is 5.56 Å². The number of carboxylic acids is 1. The minimum absolute atomic E-state index is 0.0483. The van der Waals surface area contributed by atoms with Gasteiger partial charge in [0.25, 0.3) is 0 Å². The van der Waals surface area contributed by atoms with Crippen molar-refractivity contribution >= 4 is 23.3 Å². The highest BCUT2D eigenvalue weighted by Gasteiger charge is 2.18. The molecule has 0 radical (unpaired) electrons. The first kappa shape index (κ1) is 17.5. The zero-order valence-electron chi connectivity index (χ0n) is 12.8. The van der Waals surface area contributed by atoms with Gasteiger partial charge in [0.15, 0.2) is 0 Å². The summed E-state index contributed by atoms with van der Waals surface area (Å²) in [6, 6.07) is 2.03. The molecular weight excluding hydrogens is 288 g/mol. The Hall–Kier alpha value is -1.56. The molecule has 0 aliphatic heterocycles. The molecule has 1 aromatic heterocycles.